The number of halogens is 1. The molecular weight excluding hydrogens is 427 g/mol. The van der Waals surface area contributed by atoms with Crippen molar-refractivity contribution in [1.29, 1.82) is 0 Å². The van der Waals surface area contributed by atoms with Crippen molar-refractivity contribution < 1.29 is 13.9 Å². The predicted octanol–water partition coefficient (Wildman–Crippen LogP) is 3.11. The number of carbonyl (C=O) groups excluding carboxylic acids is 1. The third-order valence-corrected chi connectivity index (χ3v) is 6.02. The Hall–Kier alpha value is -2.55. The van der Waals surface area contributed by atoms with Crippen LogP contribution in [0.15, 0.2) is 21.9 Å². The highest BCUT2D eigenvalue weighted by molar-refractivity contribution is 5.73. The lowest BCUT2D eigenvalue weighted by Crippen LogP contribution is -2.44. The van der Waals surface area contributed by atoms with E-state index in [0.717, 1.165) is 31.6 Å². The van der Waals surface area contributed by atoms with Crippen molar-refractivity contribution in [1.82, 2.24) is 19.0 Å². The largest absolute Gasteiger partial charge is 0.460 e. The van der Waals surface area contributed by atoms with Crippen molar-refractivity contribution in [3.63, 3.8) is 0 Å². The number of pyridine rings is 1. The van der Waals surface area contributed by atoms with Gasteiger partial charge < -0.3 is 9.64 Å². The molecule has 33 heavy (non-hydrogen) atoms. The van der Waals surface area contributed by atoms with E-state index < -0.39 is 22.7 Å². The van der Waals surface area contributed by atoms with Crippen LogP contribution in [0.3, 0.4) is 0 Å². The molecule has 0 radical (unpaired) electrons. The number of carbonyl (C=O) groups is 1. The van der Waals surface area contributed by atoms with Gasteiger partial charge in [0.1, 0.15) is 17.1 Å². The summed E-state index contributed by atoms with van der Waals surface area (Å²) in [5.74, 6) is -0.669. The Morgan fingerprint density at radius 3 is 2.48 bits per heavy atom. The van der Waals surface area contributed by atoms with E-state index in [1.807, 2.05) is 39.8 Å². The highest BCUT2D eigenvalue weighted by atomic mass is 19.1. The first-order valence-electron chi connectivity index (χ1n) is 11.6. The fourth-order valence-electron chi connectivity index (χ4n) is 4.54. The summed E-state index contributed by atoms with van der Waals surface area (Å²) in [5, 5.41) is 0.121. The van der Waals surface area contributed by atoms with E-state index in [1.165, 1.54) is 9.13 Å². The summed E-state index contributed by atoms with van der Waals surface area (Å²) in [4.78, 5) is 44.9. The standard InChI is InChI=1S/C24H35FN4O4/c1-24(2,3)33-20(30)13-16-7-9-18(10-8-16)29-22(31)19-14-17(25)15-26-21(19)28(23(29)32)12-6-11-27(4)5/h14-16,18H,6-13H2,1-5H3. The molecule has 2 heterocycles. The first kappa shape index (κ1) is 25.1. The number of fused-ring (bicyclic) bond motifs is 1. The summed E-state index contributed by atoms with van der Waals surface area (Å²) in [6.45, 7) is 6.68. The number of esters is 1. The second kappa shape index (κ2) is 10.2. The third kappa shape index (κ3) is 6.28. The Morgan fingerprint density at radius 2 is 1.88 bits per heavy atom. The molecule has 1 saturated carbocycles. The van der Waals surface area contributed by atoms with Gasteiger partial charge in [-0.25, -0.2) is 14.2 Å². The minimum Gasteiger partial charge on any atom is -0.460 e. The Bertz CT molecular complexity index is 1110. The average molecular weight is 463 g/mol. The molecule has 0 unspecified atom stereocenters. The van der Waals surface area contributed by atoms with Gasteiger partial charge >= 0.3 is 11.7 Å². The monoisotopic (exact) mass is 462 g/mol. The maximum atomic E-state index is 13.9. The molecule has 0 amide bonds. The molecule has 2 aromatic rings. The molecule has 182 valence electrons. The van der Waals surface area contributed by atoms with Crippen LogP contribution in [0, 0.1) is 11.7 Å². The summed E-state index contributed by atoms with van der Waals surface area (Å²) in [5.41, 5.74) is -1.20. The van der Waals surface area contributed by atoms with Crippen molar-refractivity contribution >= 4 is 17.0 Å². The minimum absolute atomic E-state index is 0.121. The summed E-state index contributed by atoms with van der Waals surface area (Å²) in [6.07, 6.45) is 4.72. The number of aryl methyl sites for hydroxylation is 1. The van der Waals surface area contributed by atoms with E-state index >= 15 is 0 Å². The maximum Gasteiger partial charge on any atom is 0.332 e. The SMILES string of the molecule is CN(C)CCCn1c(=O)n(C2CCC(CC(=O)OC(C)(C)C)CC2)c(=O)c2cc(F)cnc21. The first-order valence-corrected chi connectivity index (χ1v) is 11.6. The number of rotatable bonds is 7. The number of ether oxygens (including phenoxy) is 1. The van der Waals surface area contributed by atoms with Gasteiger partial charge in [0.2, 0.25) is 0 Å². The molecule has 9 heteroatoms. The molecule has 1 aliphatic carbocycles. The number of aromatic nitrogens is 3. The van der Waals surface area contributed by atoms with Gasteiger partial charge in [-0.05, 0) is 85.5 Å². The van der Waals surface area contributed by atoms with Gasteiger partial charge in [-0.1, -0.05) is 0 Å². The van der Waals surface area contributed by atoms with Crippen LogP contribution in [-0.2, 0) is 16.1 Å². The van der Waals surface area contributed by atoms with Gasteiger partial charge in [-0.3, -0.25) is 18.7 Å². The molecule has 0 spiro atoms. The number of hydrogen-bond acceptors (Lipinski definition) is 6. The summed E-state index contributed by atoms with van der Waals surface area (Å²) in [6, 6.07) is 0.879. The normalized spacial score (nSPS) is 19.2. The van der Waals surface area contributed by atoms with Crippen LogP contribution in [0.25, 0.3) is 11.0 Å². The number of hydrogen-bond donors (Lipinski definition) is 0. The zero-order chi connectivity index (χ0) is 24.3. The maximum absolute atomic E-state index is 13.9. The van der Waals surface area contributed by atoms with E-state index in [4.69, 9.17) is 4.74 Å². The van der Waals surface area contributed by atoms with Crippen LogP contribution < -0.4 is 11.2 Å². The average Bonchev–Trinajstić information content (AvgIpc) is 2.70. The highest BCUT2D eigenvalue weighted by Gasteiger charge is 2.29. The Kier molecular flexibility index (Phi) is 7.72. The molecule has 0 aromatic carbocycles. The Balaban J connectivity index is 1.85. The molecule has 1 aliphatic rings. The lowest BCUT2D eigenvalue weighted by atomic mass is 9.84. The van der Waals surface area contributed by atoms with Crippen molar-refractivity contribution in [3.05, 3.63) is 38.9 Å². The molecule has 0 aliphatic heterocycles. The van der Waals surface area contributed by atoms with E-state index in [1.54, 1.807) is 0 Å². The summed E-state index contributed by atoms with van der Waals surface area (Å²) in [7, 11) is 3.90. The van der Waals surface area contributed by atoms with Crippen molar-refractivity contribution in [2.45, 2.75) is 77.5 Å². The zero-order valence-electron chi connectivity index (χ0n) is 20.3. The molecule has 0 bridgehead atoms. The second-order valence-electron chi connectivity index (χ2n) is 10.3. The van der Waals surface area contributed by atoms with Crippen LogP contribution in [-0.4, -0.2) is 51.2 Å². The molecule has 0 atom stereocenters. The smallest absolute Gasteiger partial charge is 0.332 e. The minimum atomic E-state index is -0.606. The predicted molar refractivity (Wildman–Crippen MR) is 125 cm³/mol. The molecule has 8 nitrogen and oxygen atoms in total. The molecule has 3 rings (SSSR count). The van der Waals surface area contributed by atoms with E-state index in [0.29, 0.717) is 32.2 Å². The Morgan fingerprint density at radius 1 is 1.21 bits per heavy atom. The van der Waals surface area contributed by atoms with Gasteiger partial charge in [-0.2, -0.15) is 0 Å². The first-order chi connectivity index (χ1) is 15.5. The van der Waals surface area contributed by atoms with E-state index in [2.05, 4.69) is 4.98 Å². The number of nitrogens with zero attached hydrogens (tertiary/aromatic N) is 4. The quantitative estimate of drug-likeness (QED) is 0.588. The zero-order valence-corrected chi connectivity index (χ0v) is 20.3. The molecular formula is C24H35FN4O4. The van der Waals surface area contributed by atoms with E-state index in [-0.39, 0.29) is 29.0 Å². The lowest BCUT2D eigenvalue weighted by molar-refractivity contribution is -0.156. The van der Waals surface area contributed by atoms with Crippen LogP contribution >= 0.6 is 0 Å². The summed E-state index contributed by atoms with van der Waals surface area (Å²) < 4.78 is 22.1. The Labute approximate surface area is 193 Å². The van der Waals surface area contributed by atoms with E-state index in [9.17, 15) is 18.8 Å². The topological polar surface area (TPSA) is 86.4 Å². The fourth-order valence-corrected chi connectivity index (χ4v) is 4.54. The van der Waals surface area contributed by atoms with Gasteiger partial charge in [0.15, 0.2) is 0 Å². The van der Waals surface area contributed by atoms with Crippen LogP contribution in [0.4, 0.5) is 4.39 Å². The van der Waals surface area contributed by atoms with Crippen LogP contribution in [0.2, 0.25) is 0 Å². The van der Waals surface area contributed by atoms with Crippen molar-refractivity contribution in [2.75, 3.05) is 20.6 Å². The van der Waals surface area contributed by atoms with Gasteiger partial charge in [-0.15, -0.1) is 0 Å². The lowest BCUT2D eigenvalue weighted by Gasteiger charge is -2.30. The van der Waals surface area contributed by atoms with Gasteiger partial charge in [0.05, 0.1) is 11.6 Å². The molecule has 0 N–H and O–H groups in total. The van der Waals surface area contributed by atoms with Crippen molar-refractivity contribution in [3.8, 4) is 0 Å². The van der Waals surface area contributed by atoms with Gasteiger partial charge in [0, 0.05) is 19.0 Å². The van der Waals surface area contributed by atoms with Crippen molar-refractivity contribution in [2.24, 2.45) is 5.92 Å². The van der Waals surface area contributed by atoms with Crippen LogP contribution in [0.5, 0.6) is 0 Å². The molecule has 1 fully saturated rings. The van der Waals surface area contributed by atoms with Crippen LogP contribution in [0.1, 0.15) is 65.3 Å². The fraction of sp³-hybridized carbons (Fsp3) is 0.667. The molecule has 0 saturated heterocycles. The highest BCUT2D eigenvalue weighted by Crippen LogP contribution is 2.33. The molecule has 2 aromatic heterocycles. The second-order valence-corrected chi connectivity index (χ2v) is 10.3. The summed E-state index contributed by atoms with van der Waals surface area (Å²) >= 11 is 0. The van der Waals surface area contributed by atoms with Gasteiger partial charge in [0.25, 0.3) is 5.56 Å². The third-order valence-electron chi connectivity index (χ3n) is 6.02.